The number of hydrogen-bond acceptors (Lipinski definition) is 3. The zero-order valence-corrected chi connectivity index (χ0v) is 13.4. The first-order chi connectivity index (χ1) is 10.2. The minimum absolute atomic E-state index is 0.0506. The van der Waals surface area contributed by atoms with Crippen molar-refractivity contribution in [3.05, 3.63) is 69.9 Å². The molecule has 0 aliphatic carbocycles. The highest BCUT2D eigenvalue weighted by Crippen LogP contribution is 2.30. The molecule has 0 aliphatic rings. The summed E-state index contributed by atoms with van der Waals surface area (Å²) in [5.74, 6) is 6.59. The molecule has 0 saturated carbocycles. The molecule has 3 nitrogen and oxygen atoms in total. The van der Waals surface area contributed by atoms with E-state index in [2.05, 4.69) is 40.4 Å². The van der Waals surface area contributed by atoms with Gasteiger partial charge in [-0.05, 0) is 52.5 Å². The molecular weight excluding hydrogens is 328 g/mol. The van der Waals surface area contributed by atoms with Crippen LogP contribution in [0.25, 0.3) is 11.0 Å². The van der Waals surface area contributed by atoms with Crippen LogP contribution in [0.15, 0.2) is 57.4 Å². The van der Waals surface area contributed by atoms with Crippen LogP contribution in [0.3, 0.4) is 0 Å². The van der Waals surface area contributed by atoms with E-state index in [1.807, 2.05) is 36.4 Å². The van der Waals surface area contributed by atoms with Gasteiger partial charge in [-0.3, -0.25) is 5.84 Å². The molecular formula is C17H17BrN2O. The van der Waals surface area contributed by atoms with Crippen LogP contribution in [0.5, 0.6) is 0 Å². The van der Waals surface area contributed by atoms with Gasteiger partial charge in [0, 0.05) is 5.39 Å². The predicted molar refractivity (Wildman–Crippen MR) is 88.9 cm³/mol. The van der Waals surface area contributed by atoms with Gasteiger partial charge >= 0.3 is 0 Å². The average Bonchev–Trinajstić information content (AvgIpc) is 2.92. The highest BCUT2D eigenvalue weighted by Gasteiger charge is 2.17. The number of hydrogen-bond donors (Lipinski definition) is 2. The summed E-state index contributed by atoms with van der Waals surface area (Å²) in [6.07, 6.45) is 0.792. The first-order valence-corrected chi connectivity index (χ1v) is 7.67. The fraction of sp³-hybridized carbons (Fsp3) is 0.176. The van der Waals surface area contributed by atoms with Crippen LogP contribution in [0.4, 0.5) is 0 Å². The maximum Gasteiger partial charge on any atom is 0.148 e. The second-order valence-corrected chi connectivity index (χ2v) is 6.01. The Morgan fingerprint density at radius 2 is 2.00 bits per heavy atom. The van der Waals surface area contributed by atoms with E-state index < -0.39 is 0 Å². The monoisotopic (exact) mass is 344 g/mol. The normalized spacial score (nSPS) is 12.7. The molecule has 1 unspecified atom stereocenters. The predicted octanol–water partition coefficient (Wildman–Crippen LogP) is 4.25. The Morgan fingerprint density at radius 1 is 1.19 bits per heavy atom. The number of nitrogens with one attached hydrogen (secondary N) is 1. The summed E-state index contributed by atoms with van der Waals surface area (Å²) in [4.78, 5) is 0. The van der Waals surface area contributed by atoms with Crippen LogP contribution >= 0.6 is 15.9 Å². The molecule has 1 heterocycles. The smallest absolute Gasteiger partial charge is 0.148 e. The van der Waals surface area contributed by atoms with Crippen molar-refractivity contribution in [1.29, 1.82) is 0 Å². The largest absolute Gasteiger partial charge is 0.458 e. The highest BCUT2D eigenvalue weighted by atomic mass is 79.9. The lowest BCUT2D eigenvalue weighted by atomic mass is 10.00. The molecule has 0 aliphatic heterocycles. The summed E-state index contributed by atoms with van der Waals surface area (Å²) in [7, 11) is 0. The molecule has 0 saturated heterocycles. The second-order valence-electron chi connectivity index (χ2n) is 5.16. The lowest BCUT2D eigenvalue weighted by Crippen LogP contribution is -2.29. The Bertz CT molecular complexity index is 766. The van der Waals surface area contributed by atoms with Crippen molar-refractivity contribution in [2.45, 2.75) is 19.4 Å². The molecule has 3 rings (SSSR count). The van der Waals surface area contributed by atoms with Gasteiger partial charge in [-0.2, -0.15) is 0 Å². The first-order valence-electron chi connectivity index (χ1n) is 6.87. The van der Waals surface area contributed by atoms with E-state index in [1.165, 1.54) is 11.1 Å². The molecule has 2 aromatic carbocycles. The molecule has 0 amide bonds. The summed E-state index contributed by atoms with van der Waals surface area (Å²) in [6.45, 7) is 2.11. The lowest BCUT2D eigenvalue weighted by molar-refractivity contribution is 0.433. The van der Waals surface area contributed by atoms with Gasteiger partial charge in [-0.1, -0.05) is 36.4 Å². The fourth-order valence-corrected chi connectivity index (χ4v) is 2.98. The maximum absolute atomic E-state index is 5.97. The van der Waals surface area contributed by atoms with Gasteiger partial charge < -0.3 is 4.42 Å². The molecule has 21 heavy (non-hydrogen) atoms. The third-order valence-electron chi connectivity index (χ3n) is 3.75. The molecule has 0 radical (unpaired) electrons. The summed E-state index contributed by atoms with van der Waals surface area (Å²) in [5, 5.41) is 1.07. The number of fused-ring (bicyclic) bond motifs is 1. The zero-order chi connectivity index (χ0) is 14.8. The number of rotatable bonds is 4. The topological polar surface area (TPSA) is 51.2 Å². The van der Waals surface area contributed by atoms with Crippen molar-refractivity contribution >= 4 is 26.9 Å². The van der Waals surface area contributed by atoms with Crippen LogP contribution in [0.2, 0.25) is 0 Å². The third-order valence-corrected chi connectivity index (χ3v) is 4.37. The number of halogens is 1. The maximum atomic E-state index is 5.97. The minimum atomic E-state index is -0.0506. The molecule has 1 aromatic heterocycles. The number of nitrogens with two attached hydrogens (primary N) is 1. The summed E-state index contributed by atoms with van der Waals surface area (Å²) < 4.78 is 6.93. The van der Waals surface area contributed by atoms with Crippen molar-refractivity contribution in [3.63, 3.8) is 0 Å². The van der Waals surface area contributed by atoms with Gasteiger partial charge in [0.15, 0.2) is 0 Å². The molecule has 3 N–H and O–H groups in total. The molecule has 0 fully saturated rings. The summed E-state index contributed by atoms with van der Waals surface area (Å²) in [5.41, 5.74) is 6.25. The van der Waals surface area contributed by atoms with Gasteiger partial charge in [0.1, 0.15) is 11.3 Å². The van der Waals surface area contributed by atoms with Crippen LogP contribution in [-0.2, 0) is 6.42 Å². The molecule has 0 spiro atoms. The Balaban J connectivity index is 1.95. The number of para-hydroxylation sites is 1. The second kappa shape index (κ2) is 6.02. The van der Waals surface area contributed by atoms with E-state index in [0.29, 0.717) is 0 Å². The molecule has 3 aromatic rings. The number of benzene rings is 2. The van der Waals surface area contributed by atoms with Gasteiger partial charge in [0.05, 0.1) is 10.5 Å². The standard InChI is InChI=1S/C17H17BrN2O/c1-11-5-2-3-6-12(11)9-15(20-19)16-10-13-7-4-8-14(18)17(13)21-16/h2-8,10,15,20H,9,19H2,1H3. The highest BCUT2D eigenvalue weighted by molar-refractivity contribution is 9.10. The molecule has 1 atom stereocenters. The fourth-order valence-electron chi connectivity index (χ4n) is 2.52. The number of furan rings is 1. The molecule has 0 bridgehead atoms. The average molecular weight is 345 g/mol. The van der Waals surface area contributed by atoms with Gasteiger partial charge in [-0.15, -0.1) is 0 Å². The zero-order valence-electron chi connectivity index (χ0n) is 11.8. The van der Waals surface area contributed by atoms with Gasteiger partial charge in [0.2, 0.25) is 0 Å². The Labute approximate surface area is 132 Å². The lowest BCUT2D eigenvalue weighted by Gasteiger charge is -2.14. The van der Waals surface area contributed by atoms with Crippen molar-refractivity contribution in [3.8, 4) is 0 Å². The van der Waals surface area contributed by atoms with E-state index >= 15 is 0 Å². The summed E-state index contributed by atoms with van der Waals surface area (Å²) in [6, 6.07) is 16.3. The summed E-state index contributed by atoms with van der Waals surface area (Å²) >= 11 is 3.51. The van der Waals surface area contributed by atoms with Crippen LogP contribution in [-0.4, -0.2) is 0 Å². The van der Waals surface area contributed by atoms with E-state index in [4.69, 9.17) is 10.3 Å². The van der Waals surface area contributed by atoms with Crippen molar-refractivity contribution in [1.82, 2.24) is 5.43 Å². The number of aryl methyl sites for hydroxylation is 1. The Kier molecular flexibility index (Phi) is 4.10. The van der Waals surface area contributed by atoms with Crippen molar-refractivity contribution in [2.75, 3.05) is 0 Å². The first kappa shape index (κ1) is 14.3. The SMILES string of the molecule is Cc1ccccc1CC(NN)c1cc2cccc(Br)c2o1. The van der Waals surface area contributed by atoms with Crippen LogP contribution < -0.4 is 11.3 Å². The molecule has 4 heteroatoms. The van der Waals surface area contributed by atoms with Crippen molar-refractivity contribution < 1.29 is 4.42 Å². The van der Waals surface area contributed by atoms with E-state index in [0.717, 1.165) is 27.6 Å². The van der Waals surface area contributed by atoms with E-state index in [1.54, 1.807) is 0 Å². The molecule has 108 valence electrons. The van der Waals surface area contributed by atoms with Crippen LogP contribution in [0.1, 0.15) is 22.9 Å². The Hall–Kier alpha value is -1.62. The Morgan fingerprint density at radius 3 is 2.71 bits per heavy atom. The third kappa shape index (κ3) is 2.88. The quantitative estimate of drug-likeness (QED) is 0.549. The van der Waals surface area contributed by atoms with Crippen molar-refractivity contribution in [2.24, 2.45) is 5.84 Å². The van der Waals surface area contributed by atoms with Crippen LogP contribution in [0, 0.1) is 6.92 Å². The van der Waals surface area contributed by atoms with Gasteiger partial charge in [-0.25, -0.2) is 5.43 Å². The van der Waals surface area contributed by atoms with E-state index in [-0.39, 0.29) is 6.04 Å². The number of hydrazine groups is 1. The van der Waals surface area contributed by atoms with E-state index in [9.17, 15) is 0 Å². The van der Waals surface area contributed by atoms with Gasteiger partial charge in [0.25, 0.3) is 0 Å². The minimum Gasteiger partial charge on any atom is -0.458 e.